The predicted molar refractivity (Wildman–Crippen MR) is 212 cm³/mol. The van der Waals surface area contributed by atoms with Gasteiger partial charge >= 0.3 is 0 Å². The Kier molecular flexibility index (Phi) is 24.1. The van der Waals surface area contributed by atoms with Gasteiger partial charge in [-0.05, 0) is 64.3 Å². The normalized spacial score (nSPS) is 12.9. The van der Waals surface area contributed by atoms with Gasteiger partial charge in [0.1, 0.15) is 24.2 Å². The minimum absolute atomic E-state index is 0.0521. The first-order valence-corrected chi connectivity index (χ1v) is 20.2. The highest BCUT2D eigenvalue weighted by molar-refractivity contribution is 7.99. The van der Waals surface area contributed by atoms with E-state index >= 15 is 0 Å². The largest absolute Gasteiger partial charge is 0.494 e. The molecule has 1 rings (SSSR count). The number of carbonyl (C=O) groups is 8. The van der Waals surface area contributed by atoms with Crippen LogP contribution in [0.2, 0.25) is 0 Å². The Bertz CT molecular complexity index is 1510. The molecule has 20 nitrogen and oxygen atoms in total. The van der Waals surface area contributed by atoms with E-state index in [1.54, 1.807) is 6.92 Å². The summed E-state index contributed by atoms with van der Waals surface area (Å²) in [4.78, 5) is 98.2. The van der Waals surface area contributed by atoms with Crippen molar-refractivity contribution in [2.75, 3.05) is 32.4 Å². The van der Waals surface area contributed by atoms with Crippen molar-refractivity contribution in [1.29, 1.82) is 0 Å². The van der Waals surface area contributed by atoms with E-state index in [2.05, 4.69) is 37.2 Å². The fraction of sp³-hybridized carbons (Fsp3) is 0.667. The molecule has 0 saturated heterocycles. The zero-order valence-electron chi connectivity index (χ0n) is 33.4. The number of nitrogens with one attached hydrogen (secondary N) is 7. The topological polar surface area (TPSA) is 318 Å². The summed E-state index contributed by atoms with van der Waals surface area (Å²) in [5, 5.41) is 39.6. The summed E-state index contributed by atoms with van der Waals surface area (Å²) in [6.07, 6.45) is 4.31. The molecule has 322 valence electrons. The van der Waals surface area contributed by atoms with E-state index in [1.165, 1.54) is 27.0 Å². The number of primary amides is 1. The third-order valence-electron chi connectivity index (χ3n) is 8.66. The number of rotatable bonds is 29. The monoisotopic (exact) mass is 826 g/mol. The van der Waals surface area contributed by atoms with Crippen LogP contribution in [-0.4, -0.2) is 119 Å². The lowest BCUT2D eigenvalue weighted by Gasteiger charge is -2.22. The first kappa shape index (κ1) is 50.0. The van der Waals surface area contributed by atoms with E-state index in [4.69, 9.17) is 11.5 Å². The molecule has 0 fully saturated rings. The van der Waals surface area contributed by atoms with Gasteiger partial charge < -0.3 is 58.9 Å². The maximum Gasteiger partial charge on any atom is 0.244 e. The highest BCUT2D eigenvalue weighted by Crippen LogP contribution is 2.36. The number of hydrogen-bond donors (Lipinski definition) is 11. The molecule has 0 spiro atoms. The maximum absolute atomic E-state index is 13.1. The smallest absolute Gasteiger partial charge is 0.244 e. The van der Waals surface area contributed by atoms with Crippen LogP contribution in [0.15, 0.2) is 11.0 Å². The van der Waals surface area contributed by atoms with E-state index in [9.17, 15) is 48.6 Å². The number of aromatic hydroxyl groups is 2. The van der Waals surface area contributed by atoms with E-state index < -0.39 is 59.6 Å². The summed E-state index contributed by atoms with van der Waals surface area (Å²) in [7, 11) is 1.45. The molecule has 4 atom stereocenters. The number of thioether (sulfide) groups is 1. The molecule has 57 heavy (non-hydrogen) atoms. The summed E-state index contributed by atoms with van der Waals surface area (Å²) in [6, 6.07) is -2.55. The fourth-order valence-corrected chi connectivity index (χ4v) is 6.55. The van der Waals surface area contributed by atoms with Crippen molar-refractivity contribution in [2.45, 2.75) is 127 Å². The molecule has 13 N–H and O–H groups in total. The Morgan fingerprint density at radius 3 is 1.77 bits per heavy atom. The fourth-order valence-electron chi connectivity index (χ4n) is 5.54. The molecule has 0 aliphatic carbocycles. The van der Waals surface area contributed by atoms with Crippen molar-refractivity contribution >= 4 is 59.0 Å². The number of unbranched alkanes of at least 4 members (excludes halogenated alkanes) is 3. The first-order chi connectivity index (χ1) is 27.0. The zero-order valence-corrected chi connectivity index (χ0v) is 34.2. The van der Waals surface area contributed by atoms with Gasteiger partial charge in [0, 0.05) is 65.2 Å². The lowest BCUT2D eigenvalue weighted by molar-refractivity contribution is -0.131. The minimum Gasteiger partial charge on any atom is -0.494 e. The summed E-state index contributed by atoms with van der Waals surface area (Å²) in [6.45, 7) is 5.26. The lowest BCUT2D eigenvalue weighted by atomic mass is 10.1. The second-order valence-electron chi connectivity index (χ2n) is 13.4. The Morgan fingerprint density at radius 2 is 1.23 bits per heavy atom. The predicted octanol–water partition coefficient (Wildman–Crippen LogP) is -1.30. The van der Waals surface area contributed by atoms with Crippen molar-refractivity contribution in [3.63, 3.8) is 0 Å². The molecular formula is C36H62N10O10S. The highest BCUT2D eigenvalue weighted by Gasteiger charge is 2.27. The molecule has 4 unspecified atom stereocenters. The van der Waals surface area contributed by atoms with Gasteiger partial charge in [-0.1, -0.05) is 6.92 Å². The van der Waals surface area contributed by atoms with E-state index in [0.29, 0.717) is 70.9 Å². The second kappa shape index (κ2) is 27.5. The summed E-state index contributed by atoms with van der Waals surface area (Å²) < 4.78 is 1.12. The third kappa shape index (κ3) is 20.1. The molecule has 8 amide bonds. The van der Waals surface area contributed by atoms with Crippen LogP contribution in [0.1, 0.15) is 91.4 Å². The van der Waals surface area contributed by atoms with Crippen LogP contribution < -0.4 is 48.7 Å². The van der Waals surface area contributed by atoms with E-state index in [1.807, 2.05) is 0 Å². The lowest BCUT2D eigenvalue weighted by Crippen LogP contribution is -2.54. The maximum atomic E-state index is 13.1. The average Bonchev–Trinajstić information content (AvgIpc) is 3.43. The standard InChI is InChI=1S/C36H62N10O10S/c1-5-29(49)40-17-11-8-14-26(42-22(2)47)34(54)44-24(32(38)52)12-7-10-18-41-30(50)15-19-46-31(51)20-28(36(46)56)57-21-27(43-23(3)48)35(55)45-25(33(53)39-4)13-6-9-16-37/h20,24-27,51,56H,5-19,21,37H2,1-4H3,(H2,38,52)(H,39,53)(H,40,49)(H,41,50)(H,42,47)(H,43,48)(H,44,54)(H,45,55). The number of carbonyl (C=O) groups excluding carboxylic acids is 8. The number of likely N-dealkylation sites (N-methyl/N-ethyl adjacent to an activating group) is 1. The molecule has 0 aliphatic heterocycles. The Labute approximate surface area is 337 Å². The van der Waals surface area contributed by atoms with Crippen molar-refractivity contribution in [3.8, 4) is 11.8 Å². The molecule has 1 aromatic heterocycles. The van der Waals surface area contributed by atoms with Crippen molar-refractivity contribution in [3.05, 3.63) is 6.07 Å². The van der Waals surface area contributed by atoms with Gasteiger partial charge in [-0.3, -0.25) is 42.9 Å². The first-order valence-electron chi connectivity index (χ1n) is 19.2. The summed E-state index contributed by atoms with van der Waals surface area (Å²) in [5.74, 6) is -4.42. The molecule has 0 radical (unpaired) electrons. The highest BCUT2D eigenvalue weighted by atomic mass is 32.2. The Hall–Kier alpha value is -5.05. The zero-order chi connectivity index (χ0) is 42.9. The van der Waals surface area contributed by atoms with E-state index in [-0.39, 0.29) is 60.2 Å². The SMILES string of the molecule is CCC(=O)NCCCCC(NC(C)=O)C(=O)NC(CCCCNC(=O)CCn1c(O)cc(SCC(NC(C)=O)C(=O)NC(CCCCN)C(=O)NC)c1O)C(N)=O. The van der Waals surface area contributed by atoms with Crippen LogP contribution in [-0.2, 0) is 44.9 Å². The summed E-state index contributed by atoms with van der Waals surface area (Å²) >= 11 is 0.981. The van der Waals surface area contributed by atoms with Crippen LogP contribution in [0, 0.1) is 0 Å². The van der Waals surface area contributed by atoms with Gasteiger partial charge in [-0.25, -0.2) is 0 Å². The van der Waals surface area contributed by atoms with Gasteiger partial charge in [0.15, 0.2) is 5.88 Å². The number of nitrogens with two attached hydrogens (primary N) is 2. The molecule has 0 bridgehead atoms. The van der Waals surface area contributed by atoms with Crippen LogP contribution in [0.4, 0.5) is 0 Å². The van der Waals surface area contributed by atoms with Crippen molar-refractivity contribution < 1.29 is 48.6 Å². The Balaban J connectivity index is 2.65. The molecule has 0 aromatic carbocycles. The third-order valence-corrected chi connectivity index (χ3v) is 9.77. The molecule has 1 aromatic rings. The van der Waals surface area contributed by atoms with Gasteiger partial charge in [0.05, 0.1) is 4.90 Å². The molecule has 1 heterocycles. The van der Waals surface area contributed by atoms with Gasteiger partial charge in [0.25, 0.3) is 0 Å². The van der Waals surface area contributed by atoms with Crippen LogP contribution in [0.3, 0.4) is 0 Å². The van der Waals surface area contributed by atoms with Gasteiger partial charge in [-0.15, -0.1) is 11.8 Å². The van der Waals surface area contributed by atoms with E-state index in [0.717, 1.165) is 16.3 Å². The quantitative estimate of drug-likeness (QED) is 0.0332. The molecule has 0 aliphatic rings. The summed E-state index contributed by atoms with van der Waals surface area (Å²) in [5.41, 5.74) is 11.1. The molecule has 21 heteroatoms. The molecule has 0 saturated carbocycles. The van der Waals surface area contributed by atoms with Crippen molar-refractivity contribution in [1.82, 2.24) is 41.8 Å². The second-order valence-corrected chi connectivity index (χ2v) is 14.4. The van der Waals surface area contributed by atoms with Gasteiger partial charge in [-0.2, -0.15) is 0 Å². The van der Waals surface area contributed by atoms with Crippen LogP contribution in [0.5, 0.6) is 11.8 Å². The van der Waals surface area contributed by atoms with Crippen LogP contribution in [0.25, 0.3) is 0 Å². The molecular weight excluding hydrogens is 765 g/mol. The number of nitrogens with zero attached hydrogens (tertiary/aromatic N) is 1. The number of amides is 8. The van der Waals surface area contributed by atoms with Crippen LogP contribution >= 0.6 is 11.8 Å². The number of aromatic nitrogens is 1. The van der Waals surface area contributed by atoms with Gasteiger partial charge in [0.2, 0.25) is 53.1 Å². The number of hydrogen-bond acceptors (Lipinski definition) is 12. The van der Waals surface area contributed by atoms with Crippen molar-refractivity contribution in [2.24, 2.45) is 11.5 Å². The minimum atomic E-state index is -1.08. The Morgan fingerprint density at radius 1 is 0.719 bits per heavy atom. The average molecular weight is 827 g/mol.